The molecule has 0 bridgehead atoms. The molecule has 0 aliphatic rings. The number of nitrogens with zero attached hydrogens (tertiary/aromatic N) is 2. The van der Waals surface area contributed by atoms with E-state index in [4.69, 9.17) is 4.98 Å². The number of pyridine rings is 1. The fourth-order valence-electron chi connectivity index (χ4n) is 1.96. The first kappa shape index (κ1) is 14.5. The Bertz CT molecular complexity index is 546. The number of rotatable bonds is 5. The molecule has 0 fully saturated rings. The molecule has 1 N–H and O–H groups in total. The van der Waals surface area contributed by atoms with Gasteiger partial charge in [-0.1, -0.05) is 37.6 Å². The summed E-state index contributed by atoms with van der Waals surface area (Å²) in [4.78, 5) is 6.82. The highest BCUT2D eigenvalue weighted by Gasteiger charge is 2.06. The lowest BCUT2D eigenvalue weighted by atomic mass is 10.2. The topological polar surface area (TPSA) is 28.2 Å². The maximum atomic E-state index is 4.71. The Morgan fingerprint density at radius 3 is 2.45 bits per heavy atom. The molecule has 0 spiro atoms. The van der Waals surface area contributed by atoms with Crippen LogP contribution in [-0.2, 0) is 6.54 Å². The van der Waals surface area contributed by atoms with Gasteiger partial charge >= 0.3 is 0 Å². The van der Waals surface area contributed by atoms with Crippen molar-refractivity contribution in [3.05, 3.63) is 53.7 Å². The number of benzene rings is 1. The molecule has 0 radical (unpaired) electrons. The third-order valence-corrected chi connectivity index (χ3v) is 3.25. The monoisotopic (exact) mass is 269 g/mol. The summed E-state index contributed by atoms with van der Waals surface area (Å²) in [6.07, 6.45) is 0. The molecule has 0 aliphatic carbocycles. The van der Waals surface area contributed by atoms with E-state index in [0.717, 1.165) is 23.7 Å². The molecular formula is C17H23N3. The molecule has 0 saturated carbocycles. The van der Waals surface area contributed by atoms with Gasteiger partial charge in [-0.15, -0.1) is 0 Å². The third kappa shape index (κ3) is 3.81. The van der Waals surface area contributed by atoms with E-state index in [-0.39, 0.29) is 0 Å². The summed E-state index contributed by atoms with van der Waals surface area (Å²) in [6, 6.07) is 15.1. The van der Waals surface area contributed by atoms with E-state index in [1.807, 2.05) is 13.1 Å². The van der Waals surface area contributed by atoms with Crippen LogP contribution >= 0.6 is 0 Å². The molecule has 1 heterocycles. The highest BCUT2D eigenvalue weighted by atomic mass is 15.2. The van der Waals surface area contributed by atoms with Gasteiger partial charge in [0.15, 0.2) is 0 Å². The maximum absolute atomic E-state index is 4.71. The highest BCUT2D eigenvalue weighted by molar-refractivity contribution is 5.59. The van der Waals surface area contributed by atoms with Crippen LogP contribution in [0.1, 0.15) is 25.1 Å². The molecule has 0 aliphatic heterocycles. The van der Waals surface area contributed by atoms with Gasteiger partial charge in [0.25, 0.3) is 0 Å². The smallest absolute Gasteiger partial charge is 0.133 e. The first-order valence-electron chi connectivity index (χ1n) is 7.06. The summed E-state index contributed by atoms with van der Waals surface area (Å²) in [5, 5.41) is 3.39. The van der Waals surface area contributed by atoms with Crippen molar-refractivity contribution in [2.45, 2.75) is 33.4 Å². The second-order valence-electron chi connectivity index (χ2n) is 5.42. The van der Waals surface area contributed by atoms with Crippen LogP contribution in [0.5, 0.6) is 0 Å². The molecule has 1 aromatic heterocycles. The van der Waals surface area contributed by atoms with Crippen molar-refractivity contribution in [3.63, 3.8) is 0 Å². The van der Waals surface area contributed by atoms with Crippen molar-refractivity contribution in [3.8, 4) is 0 Å². The van der Waals surface area contributed by atoms with E-state index < -0.39 is 0 Å². The van der Waals surface area contributed by atoms with Gasteiger partial charge in [-0.25, -0.2) is 4.98 Å². The summed E-state index contributed by atoms with van der Waals surface area (Å²) in [6.45, 7) is 7.18. The first-order valence-corrected chi connectivity index (χ1v) is 7.06. The zero-order valence-corrected chi connectivity index (χ0v) is 12.7. The van der Waals surface area contributed by atoms with Crippen LogP contribution in [0.3, 0.4) is 0 Å². The molecule has 1 aromatic carbocycles. The second kappa shape index (κ2) is 6.53. The lowest BCUT2D eigenvalue weighted by Gasteiger charge is -2.19. The van der Waals surface area contributed by atoms with E-state index in [2.05, 4.69) is 67.4 Å². The summed E-state index contributed by atoms with van der Waals surface area (Å²) in [5.74, 6) is 0.969. The third-order valence-electron chi connectivity index (χ3n) is 3.25. The number of hydrogen-bond donors (Lipinski definition) is 1. The number of anilines is 2. The Labute approximate surface area is 121 Å². The van der Waals surface area contributed by atoms with Crippen LogP contribution in [0, 0.1) is 6.92 Å². The van der Waals surface area contributed by atoms with Gasteiger partial charge in [0.1, 0.15) is 5.82 Å². The number of hydrogen-bond acceptors (Lipinski definition) is 3. The SMILES string of the molecule is Cc1ccc(N(C)c2cccc(CNC(C)C)n2)cc1. The number of aryl methyl sites for hydroxylation is 1. The van der Waals surface area contributed by atoms with Crippen molar-refractivity contribution < 1.29 is 0 Å². The van der Waals surface area contributed by atoms with Gasteiger partial charge in [0.2, 0.25) is 0 Å². The van der Waals surface area contributed by atoms with Gasteiger partial charge in [-0.2, -0.15) is 0 Å². The van der Waals surface area contributed by atoms with E-state index in [1.165, 1.54) is 5.56 Å². The number of aromatic nitrogens is 1. The highest BCUT2D eigenvalue weighted by Crippen LogP contribution is 2.22. The Hall–Kier alpha value is -1.87. The summed E-state index contributed by atoms with van der Waals surface area (Å²) >= 11 is 0. The predicted octanol–water partition coefficient (Wildman–Crippen LogP) is 3.66. The molecule has 2 rings (SSSR count). The minimum absolute atomic E-state index is 0.468. The molecule has 0 amide bonds. The van der Waals surface area contributed by atoms with E-state index in [1.54, 1.807) is 0 Å². The average molecular weight is 269 g/mol. The van der Waals surface area contributed by atoms with Gasteiger partial charge in [-0.3, -0.25) is 0 Å². The molecule has 106 valence electrons. The summed E-state index contributed by atoms with van der Waals surface area (Å²) < 4.78 is 0. The van der Waals surface area contributed by atoms with Gasteiger partial charge < -0.3 is 10.2 Å². The van der Waals surface area contributed by atoms with Crippen molar-refractivity contribution in [1.29, 1.82) is 0 Å². The van der Waals surface area contributed by atoms with Crippen LogP contribution in [0.2, 0.25) is 0 Å². The zero-order valence-electron chi connectivity index (χ0n) is 12.7. The van der Waals surface area contributed by atoms with E-state index >= 15 is 0 Å². The Morgan fingerprint density at radius 2 is 1.80 bits per heavy atom. The lowest BCUT2D eigenvalue weighted by Crippen LogP contribution is -2.22. The lowest BCUT2D eigenvalue weighted by molar-refractivity contribution is 0.581. The summed E-state index contributed by atoms with van der Waals surface area (Å²) in [5.41, 5.74) is 3.48. The van der Waals surface area contributed by atoms with Crippen LogP contribution in [0.4, 0.5) is 11.5 Å². The molecule has 2 aromatic rings. The Balaban J connectivity index is 2.15. The molecular weight excluding hydrogens is 246 g/mol. The average Bonchev–Trinajstić information content (AvgIpc) is 2.45. The normalized spacial score (nSPS) is 10.8. The maximum Gasteiger partial charge on any atom is 0.133 e. The molecule has 20 heavy (non-hydrogen) atoms. The van der Waals surface area contributed by atoms with Gasteiger partial charge in [0, 0.05) is 25.3 Å². The summed E-state index contributed by atoms with van der Waals surface area (Å²) in [7, 11) is 2.05. The minimum Gasteiger partial charge on any atom is -0.329 e. The van der Waals surface area contributed by atoms with Crippen molar-refractivity contribution in [2.75, 3.05) is 11.9 Å². The molecule has 3 nitrogen and oxygen atoms in total. The molecule has 3 heteroatoms. The van der Waals surface area contributed by atoms with E-state index in [9.17, 15) is 0 Å². The Morgan fingerprint density at radius 1 is 1.10 bits per heavy atom. The first-order chi connectivity index (χ1) is 9.56. The van der Waals surface area contributed by atoms with Crippen LogP contribution in [-0.4, -0.2) is 18.1 Å². The predicted molar refractivity (Wildman–Crippen MR) is 85.5 cm³/mol. The number of nitrogens with one attached hydrogen (secondary N) is 1. The fraction of sp³-hybridized carbons (Fsp3) is 0.353. The van der Waals surface area contributed by atoms with Crippen molar-refractivity contribution in [1.82, 2.24) is 10.3 Å². The quantitative estimate of drug-likeness (QED) is 0.898. The van der Waals surface area contributed by atoms with Crippen molar-refractivity contribution >= 4 is 11.5 Å². The fourth-order valence-corrected chi connectivity index (χ4v) is 1.96. The standard InChI is InChI=1S/C17H23N3/c1-13(2)18-12-15-6-5-7-17(19-15)20(4)16-10-8-14(3)9-11-16/h5-11,13,18H,12H2,1-4H3. The molecule has 0 atom stereocenters. The Kier molecular flexibility index (Phi) is 4.74. The van der Waals surface area contributed by atoms with Gasteiger partial charge in [0.05, 0.1) is 5.69 Å². The van der Waals surface area contributed by atoms with Crippen LogP contribution < -0.4 is 10.2 Å². The second-order valence-corrected chi connectivity index (χ2v) is 5.42. The van der Waals surface area contributed by atoms with Crippen LogP contribution in [0.25, 0.3) is 0 Å². The molecule has 0 saturated heterocycles. The minimum atomic E-state index is 0.468. The molecule has 0 unspecified atom stereocenters. The largest absolute Gasteiger partial charge is 0.329 e. The van der Waals surface area contributed by atoms with Gasteiger partial charge in [-0.05, 0) is 31.2 Å². The zero-order chi connectivity index (χ0) is 14.5. The van der Waals surface area contributed by atoms with E-state index in [0.29, 0.717) is 6.04 Å². The van der Waals surface area contributed by atoms with Crippen LogP contribution in [0.15, 0.2) is 42.5 Å². The van der Waals surface area contributed by atoms with Crippen molar-refractivity contribution in [2.24, 2.45) is 0 Å².